The molecule has 1 N–H and O–H groups in total. The highest BCUT2D eigenvalue weighted by Gasteiger charge is 2.30. The summed E-state index contributed by atoms with van der Waals surface area (Å²) in [6.07, 6.45) is -2.86. The number of amides is 1. The first kappa shape index (κ1) is 26.9. The molecule has 0 bridgehead atoms. The Balaban J connectivity index is 1.39. The van der Waals surface area contributed by atoms with Crippen LogP contribution in [0.3, 0.4) is 0 Å². The zero-order chi connectivity index (χ0) is 28.1. The zero-order valence-corrected chi connectivity index (χ0v) is 21.2. The second-order valence-corrected chi connectivity index (χ2v) is 9.12. The number of nitrogens with one attached hydrogen (secondary N) is 1. The summed E-state index contributed by atoms with van der Waals surface area (Å²) in [6.45, 7) is 0.503. The molecule has 1 amide bonds. The van der Waals surface area contributed by atoms with Crippen molar-refractivity contribution in [2.45, 2.75) is 25.7 Å². The fourth-order valence-electron chi connectivity index (χ4n) is 4.26. The minimum Gasteiger partial charge on any atom is -0.467 e. The van der Waals surface area contributed by atoms with Crippen LogP contribution in [-0.2, 0) is 24.1 Å². The SMILES string of the molecule is O=C(CCN(Cc1ccco1)c1nc(-c2ccc(F)cc2)nc2ccccc12)NCc1cccc(C(F)(F)F)c1. The van der Waals surface area contributed by atoms with Crippen molar-refractivity contribution >= 4 is 22.6 Å². The predicted molar refractivity (Wildman–Crippen MR) is 143 cm³/mol. The van der Waals surface area contributed by atoms with Gasteiger partial charge in [-0.15, -0.1) is 0 Å². The molecule has 5 rings (SSSR count). The van der Waals surface area contributed by atoms with Crippen LogP contribution in [0.2, 0.25) is 0 Å². The van der Waals surface area contributed by atoms with Crippen molar-refractivity contribution in [3.8, 4) is 11.4 Å². The lowest BCUT2D eigenvalue weighted by molar-refractivity contribution is -0.137. The van der Waals surface area contributed by atoms with Gasteiger partial charge < -0.3 is 14.6 Å². The molecule has 0 aliphatic carbocycles. The van der Waals surface area contributed by atoms with E-state index >= 15 is 0 Å². The highest BCUT2D eigenvalue weighted by atomic mass is 19.4. The van der Waals surface area contributed by atoms with Gasteiger partial charge in [-0.2, -0.15) is 13.2 Å². The van der Waals surface area contributed by atoms with Gasteiger partial charge in [0.1, 0.15) is 17.4 Å². The van der Waals surface area contributed by atoms with Gasteiger partial charge in [0.2, 0.25) is 5.91 Å². The molecule has 10 heteroatoms. The largest absolute Gasteiger partial charge is 0.467 e. The van der Waals surface area contributed by atoms with Gasteiger partial charge in [0.25, 0.3) is 0 Å². The number of benzene rings is 3. The van der Waals surface area contributed by atoms with E-state index in [9.17, 15) is 22.4 Å². The van der Waals surface area contributed by atoms with Crippen LogP contribution in [0.5, 0.6) is 0 Å². The Morgan fingerprint density at radius 3 is 2.48 bits per heavy atom. The molecule has 0 aliphatic rings. The maximum Gasteiger partial charge on any atom is 0.416 e. The van der Waals surface area contributed by atoms with Crippen LogP contribution in [0, 0.1) is 5.82 Å². The Kier molecular flexibility index (Phi) is 7.77. The number of hydrogen-bond donors (Lipinski definition) is 1. The summed E-state index contributed by atoms with van der Waals surface area (Å²) in [7, 11) is 0. The van der Waals surface area contributed by atoms with E-state index in [0.717, 1.165) is 17.5 Å². The van der Waals surface area contributed by atoms with Crippen molar-refractivity contribution in [2.75, 3.05) is 11.4 Å². The van der Waals surface area contributed by atoms with E-state index in [-0.39, 0.29) is 31.2 Å². The Morgan fingerprint density at radius 2 is 1.73 bits per heavy atom. The molecule has 6 nitrogen and oxygen atoms in total. The number of hydrogen-bond acceptors (Lipinski definition) is 5. The lowest BCUT2D eigenvalue weighted by Crippen LogP contribution is -2.31. The molecule has 0 aliphatic heterocycles. The Hall–Kier alpha value is -4.73. The summed E-state index contributed by atoms with van der Waals surface area (Å²) >= 11 is 0. The van der Waals surface area contributed by atoms with E-state index in [1.165, 1.54) is 24.3 Å². The molecule has 0 saturated carbocycles. The van der Waals surface area contributed by atoms with Gasteiger partial charge in [-0.05, 0) is 66.2 Å². The van der Waals surface area contributed by atoms with Gasteiger partial charge in [0.05, 0.1) is 23.9 Å². The number of alkyl halides is 3. The molecule has 5 aromatic rings. The quantitative estimate of drug-likeness (QED) is 0.206. The minimum atomic E-state index is -4.46. The van der Waals surface area contributed by atoms with E-state index in [4.69, 9.17) is 9.40 Å². The third-order valence-corrected chi connectivity index (χ3v) is 6.26. The number of carbonyl (C=O) groups excluding carboxylic acids is 1. The molecular weight excluding hydrogens is 524 g/mol. The Bertz CT molecular complexity index is 1600. The van der Waals surface area contributed by atoms with Gasteiger partial charge in [-0.1, -0.05) is 24.3 Å². The highest BCUT2D eigenvalue weighted by Crippen LogP contribution is 2.30. The predicted octanol–water partition coefficient (Wildman–Crippen LogP) is 6.76. The van der Waals surface area contributed by atoms with Crippen molar-refractivity contribution in [3.63, 3.8) is 0 Å². The van der Waals surface area contributed by atoms with Crippen molar-refractivity contribution < 1.29 is 26.8 Å². The van der Waals surface area contributed by atoms with Crippen LogP contribution in [-0.4, -0.2) is 22.4 Å². The molecule has 0 radical (unpaired) electrons. The van der Waals surface area contributed by atoms with Crippen molar-refractivity contribution in [1.82, 2.24) is 15.3 Å². The highest BCUT2D eigenvalue weighted by molar-refractivity contribution is 5.91. The van der Waals surface area contributed by atoms with E-state index in [1.54, 1.807) is 24.5 Å². The monoisotopic (exact) mass is 548 g/mol. The molecule has 40 heavy (non-hydrogen) atoms. The molecular formula is C30H24F4N4O2. The van der Waals surface area contributed by atoms with Crippen molar-refractivity contribution in [3.05, 3.63) is 114 Å². The summed E-state index contributed by atoms with van der Waals surface area (Å²) in [6, 6.07) is 21.7. The number of furan rings is 1. The fraction of sp³-hybridized carbons (Fsp3) is 0.167. The van der Waals surface area contributed by atoms with Crippen LogP contribution in [0.15, 0.2) is 95.6 Å². The van der Waals surface area contributed by atoms with E-state index < -0.39 is 11.7 Å². The average molecular weight is 549 g/mol. The molecule has 0 saturated heterocycles. The number of anilines is 1. The average Bonchev–Trinajstić information content (AvgIpc) is 3.47. The van der Waals surface area contributed by atoms with Crippen LogP contribution in [0.25, 0.3) is 22.3 Å². The molecule has 0 spiro atoms. The summed E-state index contributed by atoms with van der Waals surface area (Å²) < 4.78 is 58.2. The second kappa shape index (κ2) is 11.6. The van der Waals surface area contributed by atoms with Crippen LogP contribution in [0.1, 0.15) is 23.3 Å². The van der Waals surface area contributed by atoms with Crippen LogP contribution in [0.4, 0.5) is 23.4 Å². The fourth-order valence-corrected chi connectivity index (χ4v) is 4.26. The summed E-state index contributed by atoms with van der Waals surface area (Å²) in [5.41, 5.74) is 0.883. The summed E-state index contributed by atoms with van der Waals surface area (Å²) in [4.78, 5) is 24.1. The van der Waals surface area contributed by atoms with Crippen molar-refractivity contribution in [1.29, 1.82) is 0 Å². The molecule has 0 unspecified atom stereocenters. The first-order valence-corrected chi connectivity index (χ1v) is 12.5. The number of rotatable bonds is 9. The van der Waals surface area contributed by atoms with Crippen molar-refractivity contribution in [2.24, 2.45) is 0 Å². The molecule has 0 atom stereocenters. The van der Waals surface area contributed by atoms with Gasteiger partial charge in [0, 0.05) is 30.5 Å². The normalized spacial score (nSPS) is 11.5. The Labute approximate surface area is 227 Å². The maximum absolute atomic E-state index is 13.5. The van der Waals surface area contributed by atoms with Gasteiger partial charge in [-0.3, -0.25) is 4.79 Å². The minimum absolute atomic E-state index is 0.0356. The first-order chi connectivity index (χ1) is 19.3. The molecule has 2 heterocycles. The lowest BCUT2D eigenvalue weighted by atomic mass is 10.1. The van der Waals surface area contributed by atoms with Gasteiger partial charge >= 0.3 is 6.18 Å². The van der Waals surface area contributed by atoms with Crippen LogP contribution < -0.4 is 10.2 Å². The van der Waals surface area contributed by atoms with E-state index in [2.05, 4.69) is 10.3 Å². The smallest absolute Gasteiger partial charge is 0.416 e. The summed E-state index contributed by atoms with van der Waals surface area (Å²) in [5.74, 6) is 0.897. The van der Waals surface area contributed by atoms with Crippen LogP contribution >= 0.6 is 0 Å². The first-order valence-electron chi connectivity index (χ1n) is 12.5. The number of para-hydroxylation sites is 1. The standard InChI is InChI=1S/C30H24F4N4O2/c31-23-12-10-21(11-13-23)28-36-26-9-2-1-8-25(26)29(37-28)38(19-24-7-4-16-40-24)15-14-27(39)35-18-20-5-3-6-22(17-20)30(32,33)34/h1-13,16-17H,14-15,18-19H2,(H,35,39). The van der Waals surface area contributed by atoms with E-state index in [0.29, 0.717) is 40.6 Å². The topological polar surface area (TPSA) is 71.3 Å². The Morgan fingerprint density at radius 1 is 0.925 bits per heavy atom. The number of aromatic nitrogens is 2. The third-order valence-electron chi connectivity index (χ3n) is 6.26. The lowest BCUT2D eigenvalue weighted by Gasteiger charge is -2.24. The molecule has 204 valence electrons. The molecule has 0 fully saturated rings. The maximum atomic E-state index is 13.5. The zero-order valence-electron chi connectivity index (χ0n) is 21.2. The number of carbonyl (C=O) groups is 1. The molecule has 3 aromatic carbocycles. The third kappa shape index (κ3) is 6.45. The number of fused-ring (bicyclic) bond motifs is 1. The second-order valence-electron chi connectivity index (χ2n) is 9.12. The molecule has 2 aromatic heterocycles. The number of nitrogens with zero attached hydrogens (tertiary/aromatic N) is 3. The van der Waals surface area contributed by atoms with E-state index in [1.807, 2.05) is 35.2 Å². The number of halogens is 4. The summed E-state index contributed by atoms with van der Waals surface area (Å²) in [5, 5.41) is 3.45. The van der Waals surface area contributed by atoms with Gasteiger partial charge in [-0.25, -0.2) is 14.4 Å². The van der Waals surface area contributed by atoms with Gasteiger partial charge in [0.15, 0.2) is 5.82 Å².